The second kappa shape index (κ2) is 10.8. The summed E-state index contributed by atoms with van der Waals surface area (Å²) in [6.07, 6.45) is 4.11. The summed E-state index contributed by atoms with van der Waals surface area (Å²) < 4.78 is 3.29. The van der Waals surface area contributed by atoms with E-state index >= 15 is 0 Å². The van der Waals surface area contributed by atoms with Crippen LogP contribution in [0.4, 0.5) is 5.69 Å². The quantitative estimate of drug-likeness (QED) is 0.293. The topological polar surface area (TPSA) is 50.2 Å². The number of hydrogen-bond acceptors (Lipinski definition) is 3. The molecule has 0 radical (unpaired) electrons. The van der Waals surface area contributed by atoms with Gasteiger partial charge in [0.25, 0.3) is 0 Å². The number of fused-ring (bicyclic) bond motifs is 1. The third-order valence-electron chi connectivity index (χ3n) is 6.72. The van der Waals surface area contributed by atoms with Crippen molar-refractivity contribution in [1.82, 2.24) is 14.5 Å². The average Bonchev–Trinajstić information content (AvgIpc) is 3.24. The highest BCUT2D eigenvalue weighted by molar-refractivity contribution is 9.10. The predicted molar refractivity (Wildman–Crippen MR) is 146 cm³/mol. The number of nitrogens with one attached hydrogen (secondary N) is 1. The van der Waals surface area contributed by atoms with Crippen molar-refractivity contribution in [1.29, 1.82) is 0 Å². The van der Waals surface area contributed by atoms with Crippen molar-refractivity contribution in [2.75, 3.05) is 18.4 Å². The van der Waals surface area contributed by atoms with Crippen molar-refractivity contribution in [3.05, 3.63) is 88.7 Å². The third kappa shape index (κ3) is 5.49. The molecule has 1 fully saturated rings. The highest BCUT2D eigenvalue weighted by Crippen LogP contribution is 2.26. The summed E-state index contributed by atoms with van der Waals surface area (Å²) in [4.78, 5) is 20.4. The van der Waals surface area contributed by atoms with Crippen LogP contribution in [0.1, 0.15) is 37.6 Å². The van der Waals surface area contributed by atoms with Crippen molar-refractivity contribution < 1.29 is 4.79 Å². The number of carbonyl (C=O) groups excluding carboxylic acids is 1. The summed E-state index contributed by atoms with van der Waals surface area (Å²) >= 11 is 3.54. The first-order chi connectivity index (χ1) is 17.1. The molecule has 1 atom stereocenters. The Morgan fingerprint density at radius 3 is 2.60 bits per heavy atom. The lowest BCUT2D eigenvalue weighted by atomic mass is 9.97. The fourth-order valence-electron chi connectivity index (χ4n) is 4.96. The van der Waals surface area contributed by atoms with Gasteiger partial charge in [0.2, 0.25) is 5.91 Å². The summed E-state index contributed by atoms with van der Waals surface area (Å²) in [6, 6.07) is 24.9. The number of nitrogens with zero attached hydrogens (tertiary/aromatic N) is 3. The van der Waals surface area contributed by atoms with Crippen molar-refractivity contribution >= 4 is 38.6 Å². The summed E-state index contributed by atoms with van der Waals surface area (Å²) in [7, 11) is 0. The van der Waals surface area contributed by atoms with E-state index in [1.165, 1.54) is 5.56 Å². The monoisotopic (exact) mass is 530 g/mol. The molecular formula is C29H31BrN4O. The molecule has 1 aromatic heterocycles. The van der Waals surface area contributed by atoms with Gasteiger partial charge in [-0.3, -0.25) is 14.3 Å². The molecule has 1 aliphatic rings. The highest BCUT2D eigenvalue weighted by atomic mass is 79.9. The Kier molecular flexibility index (Phi) is 7.30. The van der Waals surface area contributed by atoms with E-state index in [-0.39, 0.29) is 11.8 Å². The number of imidazole rings is 1. The molecule has 0 aliphatic carbocycles. The van der Waals surface area contributed by atoms with E-state index in [1.807, 2.05) is 18.2 Å². The number of amides is 1. The van der Waals surface area contributed by atoms with Crippen LogP contribution in [0.2, 0.25) is 0 Å². The van der Waals surface area contributed by atoms with Gasteiger partial charge >= 0.3 is 0 Å². The number of rotatable bonds is 7. The van der Waals surface area contributed by atoms with E-state index in [0.717, 1.165) is 71.5 Å². The average molecular weight is 531 g/mol. The Hall–Kier alpha value is -2.96. The van der Waals surface area contributed by atoms with Crippen LogP contribution < -0.4 is 5.32 Å². The number of aryl methyl sites for hydroxylation is 1. The first-order valence-corrected chi connectivity index (χ1v) is 13.2. The Balaban J connectivity index is 1.31. The number of carbonyl (C=O) groups is 1. The number of aromatic nitrogens is 2. The SMILES string of the molecule is CCCc1ccc(NC(=O)[C@@H]2CCCN(Cc3nc4ccccc4n3-c3ccc(Br)cc3)C2)cc1. The number of hydrogen-bond donors (Lipinski definition) is 1. The molecule has 3 aromatic carbocycles. The van der Waals surface area contributed by atoms with Gasteiger partial charge in [0.15, 0.2) is 0 Å². The number of halogens is 1. The second-order valence-electron chi connectivity index (χ2n) is 9.34. The van der Waals surface area contributed by atoms with Gasteiger partial charge in [-0.1, -0.05) is 53.5 Å². The van der Waals surface area contributed by atoms with Gasteiger partial charge in [0, 0.05) is 22.4 Å². The summed E-state index contributed by atoms with van der Waals surface area (Å²) in [5, 5.41) is 3.14. The molecule has 5 rings (SSSR count). The van der Waals surface area contributed by atoms with Crippen LogP contribution in [0.5, 0.6) is 0 Å². The van der Waals surface area contributed by atoms with Crippen LogP contribution in [-0.2, 0) is 17.8 Å². The zero-order valence-electron chi connectivity index (χ0n) is 20.1. The Bertz CT molecular complexity index is 1300. The van der Waals surface area contributed by atoms with E-state index in [9.17, 15) is 4.79 Å². The summed E-state index contributed by atoms with van der Waals surface area (Å²) in [5.41, 5.74) is 5.37. The number of para-hydroxylation sites is 2. The van der Waals surface area contributed by atoms with Crippen molar-refractivity contribution in [2.24, 2.45) is 5.92 Å². The molecule has 6 heteroatoms. The molecule has 35 heavy (non-hydrogen) atoms. The van der Waals surface area contributed by atoms with E-state index in [0.29, 0.717) is 6.54 Å². The maximum Gasteiger partial charge on any atom is 0.228 e. The van der Waals surface area contributed by atoms with Crippen molar-refractivity contribution in [3.8, 4) is 5.69 Å². The second-order valence-corrected chi connectivity index (χ2v) is 10.3. The van der Waals surface area contributed by atoms with E-state index < -0.39 is 0 Å². The molecule has 4 aromatic rings. The maximum atomic E-state index is 13.1. The molecule has 1 aliphatic heterocycles. The Morgan fingerprint density at radius 2 is 1.83 bits per heavy atom. The van der Waals surface area contributed by atoms with Crippen LogP contribution in [-0.4, -0.2) is 33.4 Å². The van der Waals surface area contributed by atoms with Crippen molar-refractivity contribution in [3.63, 3.8) is 0 Å². The lowest BCUT2D eigenvalue weighted by Gasteiger charge is -2.31. The molecule has 1 saturated heterocycles. The maximum absolute atomic E-state index is 13.1. The number of likely N-dealkylation sites (tertiary alicyclic amines) is 1. The van der Waals surface area contributed by atoms with Crippen LogP contribution in [0.3, 0.4) is 0 Å². The molecule has 180 valence electrons. The molecule has 0 saturated carbocycles. The Morgan fingerprint density at radius 1 is 1.06 bits per heavy atom. The van der Waals surface area contributed by atoms with E-state index in [2.05, 4.69) is 92.2 Å². The third-order valence-corrected chi connectivity index (χ3v) is 7.25. The minimum absolute atomic E-state index is 0.0235. The lowest BCUT2D eigenvalue weighted by Crippen LogP contribution is -2.40. The number of benzene rings is 3. The van der Waals surface area contributed by atoms with Gasteiger partial charge < -0.3 is 5.32 Å². The van der Waals surface area contributed by atoms with Crippen LogP contribution in [0.15, 0.2) is 77.3 Å². The minimum Gasteiger partial charge on any atom is -0.326 e. The molecule has 0 bridgehead atoms. The smallest absolute Gasteiger partial charge is 0.228 e. The van der Waals surface area contributed by atoms with Crippen molar-refractivity contribution in [2.45, 2.75) is 39.2 Å². The molecule has 1 amide bonds. The van der Waals surface area contributed by atoms with Crippen LogP contribution in [0.25, 0.3) is 16.7 Å². The normalized spacial score (nSPS) is 16.5. The molecule has 5 nitrogen and oxygen atoms in total. The standard InChI is InChI=1S/C29H31BrN4O/c1-2-6-21-10-14-24(15-11-21)31-29(35)22-7-5-18-33(19-22)20-28-32-26-8-3-4-9-27(26)34(28)25-16-12-23(30)13-17-25/h3-4,8-17,22H,2,5-7,18-20H2,1H3,(H,31,35)/t22-/m1/s1. The van der Waals surface area contributed by atoms with Gasteiger partial charge in [-0.2, -0.15) is 0 Å². The highest BCUT2D eigenvalue weighted by Gasteiger charge is 2.27. The molecule has 0 spiro atoms. The lowest BCUT2D eigenvalue weighted by molar-refractivity contribution is -0.121. The molecule has 0 unspecified atom stereocenters. The zero-order chi connectivity index (χ0) is 24.2. The van der Waals surface area contributed by atoms with Gasteiger partial charge in [-0.05, 0) is 79.9 Å². The fourth-order valence-corrected chi connectivity index (χ4v) is 5.23. The number of anilines is 1. The van der Waals surface area contributed by atoms with Gasteiger partial charge in [-0.25, -0.2) is 4.98 Å². The van der Waals surface area contributed by atoms with Gasteiger partial charge in [-0.15, -0.1) is 0 Å². The zero-order valence-corrected chi connectivity index (χ0v) is 21.7. The van der Waals surface area contributed by atoms with Gasteiger partial charge in [0.05, 0.1) is 23.5 Å². The first kappa shape index (κ1) is 23.8. The fraction of sp³-hybridized carbons (Fsp3) is 0.310. The molecular weight excluding hydrogens is 500 g/mol. The minimum atomic E-state index is -0.0235. The predicted octanol–water partition coefficient (Wildman–Crippen LogP) is 6.59. The Labute approximate surface area is 215 Å². The van der Waals surface area contributed by atoms with Crippen LogP contribution >= 0.6 is 15.9 Å². The molecule has 2 heterocycles. The summed E-state index contributed by atoms with van der Waals surface area (Å²) in [5.74, 6) is 1.09. The van der Waals surface area contributed by atoms with E-state index in [4.69, 9.17) is 4.98 Å². The summed E-state index contributed by atoms with van der Waals surface area (Å²) in [6.45, 7) is 4.60. The van der Waals surface area contributed by atoms with Crippen LogP contribution in [0, 0.1) is 5.92 Å². The van der Waals surface area contributed by atoms with Gasteiger partial charge in [0.1, 0.15) is 5.82 Å². The molecule has 1 N–H and O–H groups in total. The first-order valence-electron chi connectivity index (χ1n) is 12.4. The largest absolute Gasteiger partial charge is 0.326 e. The number of piperidine rings is 1. The van der Waals surface area contributed by atoms with E-state index in [1.54, 1.807) is 0 Å².